The first kappa shape index (κ1) is 18.1. The van der Waals surface area contributed by atoms with Crippen LogP contribution in [0.5, 0.6) is 0 Å². The number of fused-ring (bicyclic) bond motifs is 1. The number of benzene rings is 1. The first-order chi connectivity index (χ1) is 13.0. The second-order valence-electron chi connectivity index (χ2n) is 7.52. The van der Waals surface area contributed by atoms with E-state index in [1.807, 2.05) is 12.1 Å². The van der Waals surface area contributed by atoms with Crippen molar-refractivity contribution < 1.29 is 18.8 Å². The molecule has 1 aromatic rings. The molecule has 0 radical (unpaired) electrons. The Labute approximate surface area is 156 Å². The van der Waals surface area contributed by atoms with E-state index in [1.54, 1.807) is 6.07 Å². The Morgan fingerprint density at radius 3 is 2.89 bits per heavy atom. The number of hydrogen-bond donors (Lipinski definition) is 3. The van der Waals surface area contributed by atoms with Crippen LogP contribution in [0.4, 0.5) is 4.39 Å². The Balaban J connectivity index is 1.46. The van der Waals surface area contributed by atoms with Crippen LogP contribution in [0.15, 0.2) is 18.2 Å². The highest BCUT2D eigenvalue weighted by Gasteiger charge is 2.40. The van der Waals surface area contributed by atoms with Gasteiger partial charge in [0, 0.05) is 38.2 Å². The molecule has 0 aromatic heterocycles. The third-order valence-electron chi connectivity index (χ3n) is 5.63. The highest BCUT2D eigenvalue weighted by Crippen LogP contribution is 2.30. The van der Waals surface area contributed by atoms with Crippen LogP contribution in [0.25, 0.3) is 0 Å². The minimum Gasteiger partial charge on any atom is -0.322 e. The summed E-state index contributed by atoms with van der Waals surface area (Å²) in [5.41, 5.74) is 1.16. The summed E-state index contributed by atoms with van der Waals surface area (Å²) in [7, 11) is 0. The number of rotatable bonds is 5. The summed E-state index contributed by atoms with van der Waals surface area (Å²) >= 11 is 0. The summed E-state index contributed by atoms with van der Waals surface area (Å²) < 4.78 is 14.5. The zero-order valence-electron chi connectivity index (χ0n) is 15.0. The predicted octanol–water partition coefficient (Wildman–Crippen LogP) is 0.239. The molecule has 3 aliphatic heterocycles. The predicted molar refractivity (Wildman–Crippen MR) is 95.5 cm³/mol. The highest BCUT2D eigenvalue weighted by atomic mass is 19.1. The molecule has 0 bridgehead atoms. The second-order valence-corrected chi connectivity index (χ2v) is 7.52. The fraction of sp³-hybridized carbons (Fsp3) is 0.526. The summed E-state index contributed by atoms with van der Waals surface area (Å²) in [6, 6.07) is 4.86. The van der Waals surface area contributed by atoms with E-state index in [1.165, 1.54) is 4.90 Å². The Kier molecular flexibility index (Phi) is 4.69. The monoisotopic (exact) mass is 374 g/mol. The maximum atomic E-state index is 14.5. The number of hydrogen-bond acceptors (Lipinski definition) is 5. The zero-order valence-corrected chi connectivity index (χ0v) is 15.0. The van der Waals surface area contributed by atoms with Gasteiger partial charge in [0.05, 0.1) is 0 Å². The van der Waals surface area contributed by atoms with Crippen LogP contribution in [0.3, 0.4) is 0 Å². The molecule has 27 heavy (non-hydrogen) atoms. The van der Waals surface area contributed by atoms with Crippen LogP contribution >= 0.6 is 0 Å². The number of amides is 3. The van der Waals surface area contributed by atoms with Crippen molar-refractivity contribution in [1.82, 2.24) is 20.9 Å². The summed E-state index contributed by atoms with van der Waals surface area (Å²) in [6.07, 6.45) is 1.07. The van der Waals surface area contributed by atoms with Crippen LogP contribution < -0.4 is 16.0 Å². The topological polar surface area (TPSA) is 90.5 Å². The first-order valence-electron chi connectivity index (χ1n) is 9.33. The number of carbonyl (C=O) groups is 3. The molecular weight excluding hydrogens is 351 g/mol. The molecule has 2 unspecified atom stereocenters. The second kappa shape index (κ2) is 7.01. The average Bonchev–Trinajstić information content (AvgIpc) is 3.20. The van der Waals surface area contributed by atoms with Gasteiger partial charge in [0.2, 0.25) is 11.8 Å². The van der Waals surface area contributed by atoms with E-state index in [9.17, 15) is 18.8 Å². The first-order valence-corrected chi connectivity index (χ1v) is 9.33. The Morgan fingerprint density at radius 1 is 1.30 bits per heavy atom. The summed E-state index contributed by atoms with van der Waals surface area (Å²) in [5, 5.41) is 8.51. The lowest BCUT2D eigenvalue weighted by molar-refractivity contribution is -0.136. The molecule has 3 heterocycles. The van der Waals surface area contributed by atoms with Gasteiger partial charge < -0.3 is 15.5 Å². The van der Waals surface area contributed by atoms with Gasteiger partial charge in [-0.3, -0.25) is 19.7 Å². The number of alkyl halides is 1. The van der Waals surface area contributed by atoms with E-state index in [4.69, 9.17) is 0 Å². The van der Waals surface area contributed by atoms with E-state index in [2.05, 4.69) is 16.0 Å². The summed E-state index contributed by atoms with van der Waals surface area (Å²) in [4.78, 5) is 37.8. The van der Waals surface area contributed by atoms with Gasteiger partial charge in [0.25, 0.3) is 5.91 Å². The van der Waals surface area contributed by atoms with Gasteiger partial charge in [0.15, 0.2) is 0 Å². The lowest BCUT2D eigenvalue weighted by Crippen LogP contribution is -2.52. The minimum atomic E-state index is -1.23. The molecular formula is C19H23FN4O3. The molecule has 3 N–H and O–H groups in total. The number of nitrogens with zero attached hydrogens (tertiary/aromatic N) is 1. The van der Waals surface area contributed by atoms with Crippen molar-refractivity contribution in [2.45, 2.75) is 44.1 Å². The molecule has 8 heteroatoms. The molecule has 144 valence electrons. The largest absolute Gasteiger partial charge is 0.322 e. The number of halogens is 1. The third kappa shape index (κ3) is 3.46. The van der Waals surface area contributed by atoms with Gasteiger partial charge >= 0.3 is 0 Å². The molecule has 2 atom stereocenters. The van der Waals surface area contributed by atoms with Crippen molar-refractivity contribution in [2.75, 3.05) is 19.6 Å². The summed E-state index contributed by atoms with van der Waals surface area (Å²) in [5.74, 6) is -0.907. The van der Waals surface area contributed by atoms with Crippen molar-refractivity contribution in [1.29, 1.82) is 0 Å². The van der Waals surface area contributed by atoms with Crippen LogP contribution in [-0.2, 0) is 22.7 Å². The molecule has 0 spiro atoms. The fourth-order valence-corrected chi connectivity index (χ4v) is 4.10. The lowest BCUT2D eigenvalue weighted by Gasteiger charge is -2.29. The highest BCUT2D eigenvalue weighted by molar-refractivity contribution is 6.05. The lowest BCUT2D eigenvalue weighted by atomic mass is 10.0. The Morgan fingerprint density at radius 2 is 2.15 bits per heavy atom. The standard InChI is InChI=1S/C19H23FN4O3/c20-19(6-7-21-10-19)11-22-8-12-2-1-3-13-14(12)9-24(18(13)27)15-4-5-16(25)23-17(15)26/h1-3,15,21-22H,4-11H2,(H,23,25,26). The molecule has 7 nitrogen and oxygen atoms in total. The van der Waals surface area contributed by atoms with Gasteiger partial charge in [-0.05, 0) is 36.6 Å². The maximum absolute atomic E-state index is 14.5. The van der Waals surface area contributed by atoms with E-state index in [0.717, 1.165) is 11.1 Å². The van der Waals surface area contributed by atoms with E-state index < -0.39 is 17.6 Å². The zero-order chi connectivity index (χ0) is 19.0. The van der Waals surface area contributed by atoms with Gasteiger partial charge in [-0.25, -0.2) is 4.39 Å². The summed E-state index contributed by atoms with van der Waals surface area (Å²) in [6.45, 7) is 2.10. The molecule has 4 rings (SSSR count). The maximum Gasteiger partial charge on any atom is 0.255 e. The van der Waals surface area contributed by atoms with Crippen LogP contribution in [0.1, 0.15) is 40.7 Å². The van der Waals surface area contributed by atoms with E-state index in [-0.39, 0.29) is 24.8 Å². The van der Waals surface area contributed by atoms with Crippen molar-refractivity contribution in [3.05, 3.63) is 34.9 Å². The molecule has 3 aliphatic rings. The Bertz CT molecular complexity index is 791. The number of imide groups is 1. The Hall–Kier alpha value is -2.32. The SMILES string of the molecule is O=C1CCC(N2Cc3c(CNCC4(F)CCNC4)cccc3C2=O)C(=O)N1. The normalized spacial score (nSPS) is 27.8. The van der Waals surface area contributed by atoms with Crippen molar-refractivity contribution in [3.63, 3.8) is 0 Å². The van der Waals surface area contributed by atoms with Crippen molar-refractivity contribution >= 4 is 17.7 Å². The number of piperidine rings is 1. The van der Waals surface area contributed by atoms with E-state index >= 15 is 0 Å². The minimum absolute atomic E-state index is 0.191. The number of nitrogens with one attached hydrogen (secondary N) is 3. The smallest absolute Gasteiger partial charge is 0.255 e. The fourth-order valence-electron chi connectivity index (χ4n) is 4.10. The third-order valence-corrected chi connectivity index (χ3v) is 5.63. The molecule has 0 aliphatic carbocycles. The molecule has 0 saturated carbocycles. The molecule has 2 saturated heterocycles. The van der Waals surface area contributed by atoms with Gasteiger partial charge in [-0.2, -0.15) is 0 Å². The number of carbonyl (C=O) groups excluding carboxylic acids is 3. The molecule has 1 aromatic carbocycles. The molecule has 2 fully saturated rings. The van der Waals surface area contributed by atoms with Gasteiger partial charge in [-0.1, -0.05) is 12.1 Å². The van der Waals surface area contributed by atoms with Crippen molar-refractivity contribution in [2.24, 2.45) is 0 Å². The van der Waals surface area contributed by atoms with Crippen LogP contribution in [-0.4, -0.2) is 54.0 Å². The molecule has 3 amide bonds. The van der Waals surface area contributed by atoms with Gasteiger partial charge in [0.1, 0.15) is 11.7 Å². The quantitative estimate of drug-likeness (QED) is 0.643. The van der Waals surface area contributed by atoms with Gasteiger partial charge in [-0.15, -0.1) is 0 Å². The van der Waals surface area contributed by atoms with E-state index in [0.29, 0.717) is 44.6 Å². The van der Waals surface area contributed by atoms with Crippen LogP contribution in [0, 0.1) is 0 Å². The van der Waals surface area contributed by atoms with Crippen LogP contribution in [0.2, 0.25) is 0 Å². The van der Waals surface area contributed by atoms with Crippen molar-refractivity contribution in [3.8, 4) is 0 Å². The average molecular weight is 374 g/mol.